The topological polar surface area (TPSA) is 90.0 Å². The van der Waals surface area contributed by atoms with Gasteiger partial charge in [0.1, 0.15) is 0 Å². The number of hydrogen-bond acceptors (Lipinski definition) is 6. The van der Waals surface area contributed by atoms with E-state index in [2.05, 4.69) is 13.8 Å². The molecule has 0 spiro atoms. The van der Waals surface area contributed by atoms with E-state index in [0.29, 0.717) is 15.9 Å². The second kappa shape index (κ2) is 9.09. The van der Waals surface area contributed by atoms with Crippen molar-refractivity contribution in [1.29, 1.82) is 0 Å². The second-order valence-electron chi connectivity index (χ2n) is 6.40. The number of sulfonamides is 1. The molecule has 0 atom stereocenters. The molecule has 0 fully saturated rings. The van der Waals surface area contributed by atoms with Crippen LogP contribution in [0.2, 0.25) is 0 Å². The summed E-state index contributed by atoms with van der Waals surface area (Å²) in [6, 6.07) is 12.3. The molecule has 0 aromatic heterocycles. The molecule has 0 saturated carbocycles. The van der Waals surface area contributed by atoms with Gasteiger partial charge in [-0.05, 0) is 35.7 Å². The van der Waals surface area contributed by atoms with Crippen LogP contribution in [0, 0.1) is 0 Å². The Kier molecular flexibility index (Phi) is 7.06. The maximum atomic E-state index is 12.2. The second-order valence-corrected chi connectivity index (χ2v) is 8.33. The number of nitrogens with zero attached hydrogens (tertiary/aromatic N) is 1. The monoisotopic (exact) mass is 405 g/mol. The minimum absolute atomic E-state index is 0.0327. The fourth-order valence-corrected chi connectivity index (χ4v) is 3.33. The molecule has 0 aliphatic carbocycles. The Morgan fingerprint density at radius 2 is 1.50 bits per heavy atom. The summed E-state index contributed by atoms with van der Waals surface area (Å²) in [6.07, 6.45) is 0. The van der Waals surface area contributed by atoms with Crippen molar-refractivity contribution >= 4 is 21.8 Å². The maximum absolute atomic E-state index is 12.2. The van der Waals surface area contributed by atoms with E-state index in [1.54, 1.807) is 12.1 Å². The van der Waals surface area contributed by atoms with E-state index in [9.17, 15) is 18.0 Å². The molecule has 0 aliphatic heterocycles. The summed E-state index contributed by atoms with van der Waals surface area (Å²) < 4.78 is 30.0. The number of esters is 1. The molecule has 0 heterocycles. The van der Waals surface area contributed by atoms with Crippen LogP contribution in [-0.2, 0) is 19.6 Å². The van der Waals surface area contributed by atoms with Gasteiger partial charge in [-0.1, -0.05) is 42.6 Å². The van der Waals surface area contributed by atoms with Crippen LogP contribution in [0.15, 0.2) is 53.4 Å². The third-order valence-corrected chi connectivity index (χ3v) is 5.91. The van der Waals surface area contributed by atoms with Crippen molar-refractivity contribution < 1.29 is 27.6 Å². The normalized spacial score (nSPS) is 11.6. The molecule has 8 heteroatoms. The Hall–Kier alpha value is -2.55. The summed E-state index contributed by atoms with van der Waals surface area (Å²) in [5.74, 6) is -0.668. The van der Waals surface area contributed by atoms with E-state index >= 15 is 0 Å². The first kappa shape index (κ1) is 21.7. The van der Waals surface area contributed by atoms with Crippen molar-refractivity contribution in [3.63, 3.8) is 0 Å². The van der Waals surface area contributed by atoms with E-state index in [-0.39, 0.29) is 16.2 Å². The van der Waals surface area contributed by atoms with Gasteiger partial charge >= 0.3 is 5.97 Å². The first-order valence-electron chi connectivity index (χ1n) is 8.60. The molecule has 150 valence electrons. The molecule has 0 bridgehead atoms. The average molecular weight is 405 g/mol. The Labute approximate surface area is 164 Å². The quantitative estimate of drug-likeness (QED) is 0.381. The number of ether oxygens (including phenoxy) is 1. The molecule has 0 unspecified atom stereocenters. The van der Waals surface area contributed by atoms with Crippen molar-refractivity contribution in [2.45, 2.75) is 24.7 Å². The van der Waals surface area contributed by atoms with Gasteiger partial charge in [-0.3, -0.25) is 9.63 Å². The molecular weight excluding hydrogens is 382 g/mol. The van der Waals surface area contributed by atoms with Gasteiger partial charge in [-0.15, -0.1) is 0 Å². The minimum Gasteiger partial charge on any atom is -0.454 e. The molecule has 0 N–H and O–H groups in total. The predicted molar refractivity (Wildman–Crippen MR) is 104 cm³/mol. The van der Waals surface area contributed by atoms with Crippen molar-refractivity contribution in [2.75, 3.05) is 20.8 Å². The largest absolute Gasteiger partial charge is 0.454 e. The van der Waals surface area contributed by atoms with E-state index in [0.717, 1.165) is 5.56 Å². The third kappa shape index (κ3) is 5.03. The highest BCUT2D eigenvalue weighted by Crippen LogP contribution is 2.17. The SMILES string of the molecule is CON(C)S(=O)(=O)c1ccc(C(=O)OCC(=O)c2ccc(C(C)C)cc2)cc1. The van der Waals surface area contributed by atoms with Crippen LogP contribution >= 0.6 is 0 Å². The zero-order valence-corrected chi connectivity index (χ0v) is 17.0. The van der Waals surface area contributed by atoms with E-state index < -0.39 is 22.6 Å². The molecule has 2 rings (SSSR count). The van der Waals surface area contributed by atoms with Crippen molar-refractivity contribution in [2.24, 2.45) is 0 Å². The molecule has 0 saturated heterocycles. The fraction of sp³-hybridized carbons (Fsp3) is 0.300. The lowest BCUT2D eigenvalue weighted by molar-refractivity contribution is -0.0258. The minimum atomic E-state index is -3.80. The van der Waals surface area contributed by atoms with Crippen LogP contribution in [0.4, 0.5) is 0 Å². The molecule has 7 nitrogen and oxygen atoms in total. The van der Waals surface area contributed by atoms with E-state index in [4.69, 9.17) is 9.57 Å². The highest BCUT2D eigenvalue weighted by atomic mass is 32.2. The van der Waals surface area contributed by atoms with Crippen LogP contribution in [-0.4, -0.2) is 45.4 Å². The smallest absolute Gasteiger partial charge is 0.338 e. The summed E-state index contributed by atoms with van der Waals surface area (Å²) in [7, 11) is -1.30. The van der Waals surface area contributed by atoms with Crippen molar-refractivity contribution in [1.82, 2.24) is 4.47 Å². The van der Waals surface area contributed by atoms with Gasteiger partial charge in [0, 0.05) is 12.6 Å². The van der Waals surface area contributed by atoms with Gasteiger partial charge in [-0.25, -0.2) is 13.2 Å². The average Bonchev–Trinajstić information content (AvgIpc) is 2.71. The van der Waals surface area contributed by atoms with Gasteiger partial charge in [-0.2, -0.15) is 0 Å². The Morgan fingerprint density at radius 3 is 2.00 bits per heavy atom. The third-order valence-electron chi connectivity index (χ3n) is 4.22. The number of rotatable bonds is 8. The lowest BCUT2D eigenvalue weighted by Crippen LogP contribution is -2.25. The van der Waals surface area contributed by atoms with Crippen LogP contribution in [0.5, 0.6) is 0 Å². The van der Waals surface area contributed by atoms with Crippen LogP contribution < -0.4 is 0 Å². The Balaban J connectivity index is 2.00. The fourth-order valence-electron chi connectivity index (χ4n) is 2.36. The molecule has 2 aromatic carbocycles. The maximum Gasteiger partial charge on any atom is 0.338 e. The van der Waals surface area contributed by atoms with Crippen molar-refractivity contribution in [3.8, 4) is 0 Å². The molecule has 0 amide bonds. The summed E-state index contributed by atoms with van der Waals surface area (Å²) >= 11 is 0. The molecule has 2 aromatic rings. The summed E-state index contributed by atoms with van der Waals surface area (Å²) in [6.45, 7) is 3.72. The predicted octanol–water partition coefficient (Wildman–Crippen LogP) is 3.03. The summed E-state index contributed by atoms with van der Waals surface area (Å²) in [4.78, 5) is 29.0. The van der Waals surface area contributed by atoms with Crippen LogP contribution in [0.25, 0.3) is 0 Å². The van der Waals surface area contributed by atoms with Gasteiger partial charge < -0.3 is 4.74 Å². The van der Waals surface area contributed by atoms with Gasteiger partial charge in [0.2, 0.25) is 0 Å². The number of hydrogen-bond donors (Lipinski definition) is 0. The van der Waals surface area contributed by atoms with E-state index in [1.165, 1.54) is 38.4 Å². The first-order valence-corrected chi connectivity index (χ1v) is 10.0. The lowest BCUT2D eigenvalue weighted by Gasteiger charge is -2.14. The van der Waals surface area contributed by atoms with Crippen LogP contribution in [0.3, 0.4) is 0 Å². The standard InChI is InChI=1S/C20H23NO6S/c1-14(2)15-5-7-16(8-6-15)19(22)13-27-20(23)17-9-11-18(12-10-17)28(24,25)21(3)26-4/h5-12,14H,13H2,1-4H3. The zero-order chi connectivity index (χ0) is 20.9. The Bertz CT molecular complexity index is 934. The molecule has 28 heavy (non-hydrogen) atoms. The highest BCUT2D eigenvalue weighted by Gasteiger charge is 2.21. The number of carbonyl (C=O) groups is 2. The molecule has 0 radical (unpaired) electrons. The van der Waals surface area contributed by atoms with Gasteiger partial charge in [0.15, 0.2) is 12.4 Å². The van der Waals surface area contributed by atoms with E-state index in [1.807, 2.05) is 12.1 Å². The number of hydroxylamine groups is 1. The number of Topliss-reactive ketones (excluding diaryl/α,β-unsaturated/α-hetero) is 1. The summed E-state index contributed by atoms with van der Waals surface area (Å²) in [5.41, 5.74) is 1.71. The van der Waals surface area contributed by atoms with Crippen molar-refractivity contribution in [3.05, 3.63) is 65.2 Å². The van der Waals surface area contributed by atoms with Crippen LogP contribution in [0.1, 0.15) is 46.0 Å². The number of benzene rings is 2. The summed E-state index contributed by atoms with van der Waals surface area (Å²) in [5, 5.41) is 0. The molecule has 0 aliphatic rings. The Morgan fingerprint density at radius 1 is 0.964 bits per heavy atom. The van der Waals surface area contributed by atoms with Gasteiger partial charge in [0.25, 0.3) is 10.0 Å². The molecular formula is C20H23NO6S. The number of ketones is 1. The lowest BCUT2D eigenvalue weighted by atomic mass is 10.0. The zero-order valence-electron chi connectivity index (χ0n) is 16.2. The number of carbonyl (C=O) groups excluding carboxylic acids is 2. The first-order chi connectivity index (χ1) is 13.2. The van der Waals surface area contributed by atoms with Gasteiger partial charge in [0.05, 0.1) is 17.6 Å². The highest BCUT2D eigenvalue weighted by molar-refractivity contribution is 7.89.